The van der Waals surface area contributed by atoms with E-state index in [1.54, 1.807) is 24.3 Å². The Morgan fingerprint density at radius 1 is 1.08 bits per heavy atom. The summed E-state index contributed by atoms with van der Waals surface area (Å²) in [6.07, 6.45) is 1.59. The van der Waals surface area contributed by atoms with Crippen molar-refractivity contribution >= 4 is 22.0 Å². The third kappa shape index (κ3) is 4.76. The molecule has 24 heavy (non-hydrogen) atoms. The zero-order valence-electron chi connectivity index (χ0n) is 13.7. The summed E-state index contributed by atoms with van der Waals surface area (Å²) in [5.41, 5.74) is 1.75. The molecule has 126 valence electrons. The first kappa shape index (κ1) is 17.9. The van der Waals surface area contributed by atoms with E-state index in [2.05, 4.69) is 5.10 Å². The maximum atomic E-state index is 12.8. The molecule has 2 rings (SSSR count). The number of ketones is 1. The predicted molar refractivity (Wildman–Crippen MR) is 94.4 cm³/mol. The van der Waals surface area contributed by atoms with Crippen LogP contribution in [0.25, 0.3) is 0 Å². The van der Waals surface area contributed by atoms with Gasteiger partial charge >= 0.3 is 0 Å². The molecule has 0 N–H and O–H groups in total. The van der Waals surface area contributed by atoms with Gasteiger partial charge in [0.15, 0.2) is 0 Å². The molecule has 0 atom stereocenters. The van der Waals surface area contributed by atoms with Crippen LogP contribution in [0, 0.1) is 6.92 Å². The smallest absolute Gasteiger partial charge is 0.279 e. The fraction of sp³-hybridized carbons (Fsp3) is 0.222. The second-order valence-corrected chi connectivity index (χ2v) is 7.31. The van der Waals surface area contributed by atoms with Gasteiger partial charge in [0.05, 0.1) is 17.7 Å². The Bertz CT molecular complexity index is 813. The SMILES string of the molecule is CC(=O)CCN(/N=C\c1ccccc1)S(=O)(=O)c1ccc(C)cc1. The standard InChI is InChI=1S/C18H20N2O3S/c1-15-8-10-18(11-9-15)24(22,23)20(13-12-16(2)21)19-14-17-6-4-3-5-7-17/h3-11,14H,12-13H2,1-2H3/b19-14-. The fourth-order valence-corrected chi connectivity index (χ4v) is 3.22. The van der Waals surface area contributed by atoms with Crippen molar-refractivity contribution < 1.29 is 13.2 Å². The summed E-state index contributed by atoms with van der Waals surface area (Å²) in [5.74, 6) is -0.0889. The Kier molecular flexibility index (Phi) is 5.87. The van der Waals surface area contributed by atoms with Gasteiger partial charge in [-0.2, -0.15) is 17.9 Å². The molecule has 0 aromatic heterocycles. The second kappa shape index (κ2) is 7.88. The second-order valence-electron chi connectivity index (χ2n) is 5.47. The third-order valence-electron chi connectivity index (χ3n) is 3.39. The van der Waals surface area contributed by atoms with Crippen LogP contribution in [0.5, 0.6) is 0 Å². The molecule has 0 amide bonds. The largest absolute Gasteiger partial charge is 0.300 e. The van der Waals surface area contributed by atoms with Gasteiger partial charge in [-0.1, -0.05) is 48.0 Å². The normalized spacial score (nSPS) is 11.6. The average molecular weight is 344 g/mol. The summed E-state index contributed by atoms with van der Waals surface area (Å²) in [4.78, 5) is 11.4. The van der Waals surface area contributed by atoms with Crippen LogP contribution in [-0.2, 0) is 14.8 Å². The van der Waals surface area contributed by atoms with Crippen molar-refractivity contribution in [3.63, 3.8) is 0 Å². The van der Waals surface area contributed by atoms with Gasteiger partial charge < -0.3 is 0 Å². The van der Waals surface area contributed by atoms with Gasteiger partial charge in [-0.25, -0.2) is 0 Å². The Balaban J connectivity index is 2.32. The van der Waals surface area contributed by atoms with Crippen molar-refractivity contribution in [3.05, 3.63) is 65.7 Å². The molecule has 2 aromatic carbocycles. The Labute approximate surface area is 142 Å². The molecule has 0 heterocycles. The van der Waals surface area contributed by atoms with Crippen LogP contribution in [0.15, 0.2) is 64.6 Å². The number of Topliss-reactive ketones (excluding diaryl/α,β-unsaturated/α-hetero) is 1. The number of hydrogen-bond acceptors (Lipinski definition) is 4. The zero-order chi connectivity index (χ0) is 17.6. The van der Waals surface area contributed by atoms with Gasteiger partial charge in [0.25, 0.3) is 10.0 Å². The van der Waals surface area contributed by atoms with Crippen LogP contribution in [0.4, 0.5) is 0 Å². The van der Waals surface area contributed by atoms with Crippen molar-refractivity contribution in [3.8, 4) is 0 Å². The highest BCUT2D eigenvalue weighted by atomic mass is 32.2. The molecule has 0 unspecified atom stereocenters. The molecular weight excluding hydrogens is 324 g/mol. The van der Waals surface area contributed by atoms with Crippen molar-refractivity contribution in [1.82, 2.24) is 4.41 Å². The van der Waals surface area contributed by atoms with Crippen LogP contribution in [0.3, 0.4) is 0 Å². The first-order valence-corrected chi connectivity index (χ1v) is 9.01. The first-order chi connectivity index (χ1) is 11.4. The summed E-state index contributed by atoms with van der Waals surface area (Å²) in [7, 11) is -3.80. The van der Waals surface area contributed by atoms with E-state index in [1.165, 1.54) is 13.1 Å². The molecule has 0 aliphatic carbocycles. The van der Waals surface area contributed by atoms with Crippen molar-refractivity contribution in [2.75, 3.05) is 6.54 Å². The number of nitrogens with zero attached hydrogens (tertiary/aromatic N) is 2. The average Bonchev–Trinajstić information content (AvgIpc) is 2.55. The number of hydrogen-bond donors (Lipinski definition) is 0. The van der Waals surface area contributed by atoms with Gasteiger partial charge in [-0.05, 0) is 31.5 Å². The van der Waals surface area contributed by atoms with E-state index in [9.17, 15) is 13.2 Å². The molecule has 2 aromatic rings. The van der Waals surface area contributed by atoms with Crippen LogP contribution < -0.4 is 0 Å². The van der Waals surface area contributed by atoms with Crippen molar-refractivity contribution in [2.45, 2.75) is 25.2 Å². The lowest BCUT2D eigenvalue weighted by molar-refractivity contribution is -0.117. The number of carbonyl (C=O) groups excluding carboxylic acids is 1. The predicted octanol–water partition coefficient (Wildman–Crippen LogP) is 3.00. The lowest BCUT2D eigenvalue weighted by Gasteiger charge is -2.18. The minimum atomic E-state index is -3.80. The number of carbonyl (C=O) groups is 1. The number of aryl methyl sites for hydroxylation is 1. The van der Waals surface area contributed by atoms with Crippen LogP contribution >= 0.6 is 0 Å². The number of benzene rings is 2. The lowest BCUT2D eigenvalue weighted by Crippen LogP contribution is -2.28. The topological polar surface area (TPSA) is 66.8 Å². The van der Waals surface area contributed by atoms with Crippen LogP contribution in [0.1, 0.15) is 24.5 Å². The molecule has 0 spiro atoms. The molecule has 5 nitrogen and oxygen atoms in total. The van der Waals surface area contributed by atoms with Crippen molar-refractivity contribution in [2.24, 2.45) is 5.10 Å². The molecule has 0 fully saturated rings. The first-order valence-electron chi connectivity index (χ1n) is 7.57. The summed E-state index contributed by atoms with van der Waals surface area (Å²) in [6.45, 7) is 3.32. The Hall–Kier alpha value is -2.47. The summed E-state index contributed by atoms with van der Waals surface area (Å²) in [5, 5.41) is 4.10. The highest BCUT2D eigenvalue weighted by Gasteiger charge is 2.22. The van der Waals surface area contributed by atoms with Crippen LogP contribution in [0.2, 0.25) is 0 Å². The highest BCUT2D eigenvalue weighted by Crippen LogP contribution is 2.17. The highest BCUT2D eigenvalue weighted by molar-refractivity contribution is 7.89. The zero-order valence-corrected chi connectivity index (χ0v) is 14.5. The van der Waals surface area contributed by atoms with Gasteiger partial charge in [0.2, 0.25) is 0 Å². The molecule has 0 saturated heterocycles. The van der Waals surface area contributed by atoms with E-state index >= 15 is 0 Å². The number of rotatable bonds is 7. The molecule has 0 bridgehead atoms. The summed E-state index contributed by atoms with van der Waals surface area (Å²) >= 11 is 0. The quantitative estimate of drug-likeness (QED) is 0.573. The van der Waals surface area contributed by atoms with E-state index in [0.717, 1.165) is 15.5 Å². The minimum Gasteiger partial charge on any atom is -0.300 e. The van der Waals surface area contributed by atoms with E-state index in [0.29, 0.717) is 0 Å². The van der Waals surface area contributed by atoms with Gasteiger partial charge in [0.1, 0.15) is 5.78 Å². The molecule has 0 aliphatic heterocycles. The number of sulfonamides is 1. The molecular formula is C18H20N2O3S. The Morgan fingerprint density at radius 2 is 1.71 bits per heavy atom. The van der Waals surface area contributed by atoms with E-state index in [4.69, 9.17) is 0 Å². The maximum absolute atomic E-state index is 12.8. The third-order valence-corrected chi connectivity index (χ3v) is 5.09. The molecule has 0 radical (unpaired) electrons. The molecule has 6 heteroatoms. The fourth-order valence-electron chi connectivity index (χ4n) is 2.00. The van der Waals surface area contributed by atoms with E-state index in [1.807, 2.05) is 37.3 Å². The molecule has 0 saturated carbocycles. The maximum Gasteiger partial charge on any atom is 0.279 e. The Morgan fingerprint density at radius 3 is 2.29 bits per heavy atom. The van der Waals surface area contributed by atoms with Crippen molar-refractivity contribution in [1.29, 1.82) is 0 Å². The van der Waals surface area contributed by atoms with Gasteiger partial charge in [-0.15, -0.1) is 0 Å². The minimum absolute atomic E-state index is 0.00881. The van der Waals surface area contributed by atoms with E-state index < -0.39 is 10.0 Å². The van der Waals surface area contributed by atoms with E-state index in [-0.39, 0.29) is 23.6 Å². The summed E-state index contributed by atoms with van der Waals surface area (Å²) in [6, 6.07) is 15.8. The van der Waals surface area contributed by atoms with Gasteiger partial charge in [0, 0.05) is 6.42 Å². The lowest BCUT2D eigenvalue weighted by atomic mass is 10.2. The molecule has 0 aliphatic rings. The van der Waals surface area contributed by atoms with Crippen LogP contribution in [-0.4, -0.2) is 31.4 Å². The monoisotopic (exact) mass is 344 g/mol. The number of hydrazone groups is 1. The summed E-state index contributed by atoms with van der Waals surface area (Å²) < 4.78 is 26.5. The van der Waals surface area contributed by atoms with Gasteiger partial charge in [-0.3, -0.25) is 4.79 Å².